The van der Waals surface area contributed by atoms with Crippen molar-refractivity contribution in [2.75, 3.05) is 16.5 Å². The van der Waals surface area contributed by atoms with E-state index in [0.717, 1.165) is 73.6 Å². The van der Waals surface area contributed by atoms with Gasteiger partial charge in [0.05, 0.1) is 33.7 Å². The van der Waals surface area contributed by atoms with Crippen molar-refractivity contribution in [2.45, 2.75) is 58.5 Å². The third-order valence-corrected chi connectivity index (χ3v) is 11.3. The maximum absolute atomic E-state index is 13.6. The molecule has 8 heteroatoms. The quantitative estimate of drug-likeness (QED) is 0.168. The topological polar surface area (TPSA) is 33.5 Å². The lowest BCUT2D eigenvalue weighted by Crippen LogP contribution is -2.25. The van der Waals surface area contributed by atoms with Crippen molar-refractivity contribution >= 4 is 44.6 Å². The third kappa shape index (κ3) is 7.07. The van der Waals surface area contributed by atoms with Crippen LogP contribution in [0.25, 0.3) is 38.8 Å². The SMILES string of the molecule is CC(C)(C)c1ccnc(-n2c3ccccc3c3ccc(Oc4cccc(N5CN(c6cc(C(C)(C)C)ccc6-c6ccc(C(F)(F)F)cc6)c6ccccc65)c4)cc32)c1. The zero-order valence-electron chi connectivity index (χ0n) is 34.0. The van der Waals surface area contributed by atoms with Gasteiger partial charge in [0.2, 0.25) is 0 Å². The Morgan fingerprint density at radius 3 is 1.90 bits per heavy atom. The first-order chi connectivity index (χ1) is 28.1. The van der Waals surface area contributed by atoms with E-state index in [1.807, 2.05) is 42.6 Å². The molecule has 0 unspecified atom stereocenters. The Labute approximate surface area is 342 Å². The number of benzene rings is 6. The minimum absolute atomic E-state index is 0.0343. The van der Waals surface area contributed by atoms with Gasteiger partial charge in [-0.15, -0.1) is 0 Å². The minimum atomic E-state index is -4.41. The number of fused-ring (bicyclic) bond motifs is 4. The Kier molecular flexibility index (Phi) is 9.07. The Bertz CT molecular complexity index is 2860. The molecular weight excluding hydrogens is 742 g/mol. The smallest absolute Gasteiger partial charge is 0.416 e. The number of alkyl halides is 3. The molecule has 3 heterocycles. The van der Waals surface area contributed by atoms with Crippen molar-refractivity contribution in [3.8, 4) is 28.4 Å². The largest absolute Gasteiger partial charge is 0.457 e. The Balaban J connectivity index is 1.08. The van der Waals surface area contributed by atoms with Crippen LogP contribution in [0.1, 0.15) is 58.2 Å². The molecule has 9 rings (SSSR count). The van der Waals surface area contributed by atoms with Gasteiger partial charge >= 0.3 is 6.18 Å². The lowest BCUT2D eigenvalue weighted by molar-refractivity contribution is -0.137. The van der Waals surface area contributed by atoms with Crippen molar-refractivity contribution in [3.05, 3.63) is 168 Å². The second-order valence-electron chi connectivity index (χ2n) is 17.3. The first-order valence-electron chi connectivity index (χ1n) is 19.9. The van der Waals surface area contributed by atoms with Crippen molar-refractivity contribution in [1.82, 2.24) is 9.55 Å². The number of hydrogen-bond donors (Lipinski definition) is 0. The molecular formula is C51H45F3N4O. The highest BCUT2D eigenvalue weighted by Crippen LogP contribution is 2.48. The maximum atomic E-state index is 13.6. The molecule has 0 bridgehead atoms. The predicted molar refractivity (Wildman–Crippen MR) is 235 cm³/mol. The Morgan fingerprint density at radius 1 is 0.525 bits per heavy atom. The zero-order valence-corrected chi connectivity index (χ0v) is 34.0. The molecule has 0 saturated heterocycles. The van der Waals surface area contributed by atoms with Gasteiger partial charge in [-0.1, -0.05) is 102 Å². The molecule has 0 fully saturated rings. The summed E-state index contributed by atoms with van der Waals surface area (Å²) in [7, 11) is 0. The number of halogens is 3. The van der Waals surface area contributed by atoms with E-state index in [-0.39, 0.29) is 10.8 Å². The highest BCUT2D eigenvalue weighted by atomic mass is 19.4. The number of anilines is 4. The average Bonchev–Trinajstić information content (AvgIpc) is 3.76. The summed E-state index contributed by atoms with van der Waals surface area (Å²) in [5, 5.41) is 2.26. The fraction of sp³-hybridized carbons (Fsp3) is 0.196. The molecule has 0 spiro atoms. The van der Waals surface area contributed by atoms with Crippen LogP contribution < -0.4 is 14.5 Å². The molecule has 0 aliphatic carbocycles. The van der Waals surface area contributed by atoms with Crippen LogP contribution in [0, 0.1) is 0 Å². The van der Waals surface area contributed by atoms with Crippen LogP contribution in [0.15, 0.2) is 152 Å². The highest BCUT2D eigenvalue weighted by molar-refractivity contribution is 6.09. The molecule has 59 heavy (non-hydrogen) atoms. The number of hydrogen-bond acceptors (Lipinski definition) is 4. The van der Waals surface area contributed by atoms with Crippen molar-refractivity contribution in [1.29, 1.82) is 0 Å². The normalized spacial score (nSPS) is 13.4. The fourth-order valence-corrected chi connectivity index (χ4v) is 8.06. The molecule has 0 N–H and O–H groups in total. The summed E-state index contributed by atoms with van der Waals surface area (Å²) in [6.45, 7) is 13.6. The first kappa shape index (κ1) is 38.0. The van der Waals surface area contributed by atoms with E-state index >= 15 is 0 Å². The number of pyridine rings is 1. The molecule has 1 aliphatic heterocycles. The summed E-state index contributed by atoms with van der Waals surface area (Å²) in [4.78, 5) is 9.33. The van der Waals surface area contributed by atoms with Gasteiger partial charge in [-0.3, -0.25) is 4.57 Å². The van der Waals surface area contributed by atoms with Crippen LogP contribution in [0.5, 0.6) is 11.5 Å². The van der Waals surface area contributed by atoms with Crippen LogP contribution in [0.2, 0.25) is 0 Å². The van der Waals surface area contributed by atoms with Crippen LogP contribution >= 0.6 is 0 Å². The summed E-state index contributed by atoms with van der Waals surface area (Å²) in [5.41, 5.74) is 9.01. The van der Waals surface area contributed by atoms with Gasteiger partial charge in [0.1, 0.15) is 24.0 Å². The molecule has 8 aromatic rings. The molecule has 1 aliphatic rings. The van der Waals surface area contributed by atoms with E-state index in [4.69, 9.17) is 9.72 Å². The van der Waals surface area contributed by atoms with Crippen LogP contribution in [-0.4, -0.2) is 16.2 Å². The summed E-state index contributed by atoms with van der Waals surface area (Å²) in [6.07, 6.45) is -2.52. The maximum Gasteiger partial charge on any atom is 0.416 e. The predicted octanol–water partition coefficient (Wildman–Crippen LogP) is 14.5. The second kappa shape index (κ2) is 14.1. The third-order valence-electron chi connectivity index (χ3n) is 11.3. The van der Waals surface area contributed by atoms with Gasteiger partial charge in [0, 0.05) is 40.4 Å². The summed E-state index contributed by atoms with van der Waals surface area (Å²) in [5.74, 6) is 2.25. The molecule has 6 aromatic carbocycles. The van der Waals surface area contributed by atoms with E-state index in [1.54, 1.807) is 12.1 Å². The van der Waals surface area contributed by atoms with Gasteiger partial charge in [-0.2, -0.15) is 13.2 Å². The second-order valence-corrected chi connectivity index (χ2v) is 17.3. The van der Waals surface area contributed by atoms with E-state index < -0.39 is 11.7 Å². The van der Waals surface area contributed by atoms with E-state index in [2.05, 4.69) is 141 Å². The molecule has 0 radical (unpaired) electrons. The number of nitrogens with zero attached hydrogens (tertiary/aromatic N) is 4. The molecule has 5 nitrogen and oxygen atoms in total. The van der Waals surface area contributed by atoms with E-state index in [9.17, 15) is 13.2 Å². The van der Waals surface area contributed by atoms with Gasteiger partial charge in [0.25, 0.3) is 0 Å². The summed E-state index contributed by atoms with van der Waals surface area (Å²) >= 11 is 0. The van der Waals surface area contributed by atoms with Crippen LogP contribution in [-0.2, 0) is 17.0 Å². The minimum Gasteiger partial charge on any atom is -0.457 e. The molecule has 0 saturated carbocycles. The van der Waals surface area contributed by atoms with Crippen LogP contribution in [0.4, 0.5) is 35.9 Å². The number of rotatable bonds is 6. The highest BCUT2D eigenvalue weighted by Gasteiger charge is 2.32. The Morgan fingerprint density at radius 2 is 1.17 bits per heavy atom. The van der Waals surface area contributed by atoms with Gasteiger partial charge in [0.15, 0.2) is 0 Å². The number of aromatic nitrogens is 2. The fourth-order valence-electron chi connectivity index (χ4n) is 8.06. The molecule has 0 atom stereocenters. The lowest BCUT2D eigenvalue weighted by Gasteiger charge is -2.28. The van der Waals surface area contributed by atoms with Crippen molar-refractivity contribution in [2.24, 2.45) is 0 Å². The molecule has 0 amide bonds. The van der Waals surface area contributed by atoms with Crippen molar-refractivity contribution < 1.29 is 17.9 Å². The monoisotopic (exact) mass is 786 g/mol. The van der Waals surface area contributed by atoms with Gasteiger partial charge < -0.3 is 14.5 Å². The summed E-state index contributed by atoms with van der Waals surface area (Å²) in [6, 6.07) is 46.9. The Hall–Kier alpha value is -6.54. The zero-order chi connectivity index (χ0) is 41.3. The van der Waals surface area contributed by atoms with Crippen molar-refractivity contribution in [3.63, 3.8) is 0 Å². The standard InChI is InChI=1S/C51H45F3N4O/c1-49(2,3)35-22-24-40(33-18-20-34(21-19-33)51(52,53)54)46(28-35)57-32-56(44-16-9-10-17-45(44)57)37-12-11-13-38(30-37)59-39-23-25-42-41-14-7-8-15-43(41)58(47(42)31-39)48-29-36(26-27-55-48)50(4,5)6/h7-31H,32H2,1-6H3. The number of para-hydroxylation sites is 3. The lowest BCUT2D eigenvalue weighted by atomic mass is 9.85. The van der Waals surface area contributed by atoms with Crippen LogP contribution in [0.3, 0.4) is 0 Å². The molecule has 2 aromatic heterocycles. The number of ether oxygens (including phenoxy) is 1. The first-order valence-corrected chi connectivity index (χ1v) is 19.9. The molecule has 296 valence electrons. The van der Waals surface area contributed by atoms with E-state index in [1.165, 1.54) is 5.56 Å². The summed E-state index contributed by atoms with van der Waals surface area (Å²) < 4.78 is 49.5. The van der Waals surface area contributed by atoms with E-state index in [0.29, 0.717) is 23.7 Å². The van der Waals surface area contributed by atoms with Gasteiger partial charge in [-0.25, -0.2) is 4.98 Å². The average molecular weight is 787 g/mol. The van der Waals surface area contributed by atoms with Gasteiger partial charge in [-0.05, 0) is 100 Å².